The Balaban J connectivity index is 2.39. The van der Waals surface area contributed by atoms with Gasteiger partial charge in [-0.05, 0) is 42.5 Å². The summed E-state index contributed by atoms with van der Waals surface area (Å²) in [5.74, 6) is 1.32. The Morgan fingerprint density at radius 2 is 1.86 bits per heavy atom. The molecule has 3 heteroatoms. The van der Waals surface area contributed by atoms with Crippen LogP contribution in [0.5, 0.6) is 11.6 Å². The van der Waals surface area contributed by atoms with Gasteiger partial charge in [0.15, 0.2) is 0 Å². The number of aromatic nitrogens is 1. The number of pyridine rings is 1. The molecule has 0 aliphatic heterocycles. The fourth-order valence-corrected chi connectivity index (χ4v) is 2.19. The second-order valence-electron chi connectivity index (χ2n) is 6.46. The third-order valence-corrected chi connectivity index (χ3v) is 3.40. The molecule has 1 atom stereocenters. The van der Waals surface area contributed by atoms with Crippen LogP contribution >= 0.6 is 0 Å². The number of hydrogen-bond donors (Lipinski definition) is 1. The molecule has 0 bridgehead atoms. The number of nitrogens with zero attached hydrogens (tertiary/aromatic N) is 1. The molecule has 1 heterocycles. The van der Waals surface area contributed by atoms with Crippen molar-refractivity contribution in [3.05, 3.63) is 53.2 Å². The van der Waals surface area contributed by atoms with Crippen LogP contribution in [0.2, 0.25) is 0 Å². The Hall–Kier alpha value is -1.87. The van der Waals surface area contributed by atoms with E-state index in [4.69, 9.17) is 4.74 Å². The summed E-state index contributed by atoms with van der Waals surface area (Å²) >= 11 is 0. The minimum Gasteiger partial charge on any atom is -0.439 e. The third-order valence-electron chi connectivity index (χ3n) is 3.40. The highest BCUT2D eigenvalue weighted by Gasteiger charge is 2.19. The molecule has 0 radical (unpaired) electrons. The first-order chi connectivity index (χ1) is 9.77. The van der Waals surface area contributed by atoms with Gasteiger partial charge in [0.2, 0.25) is 5.88 Å². The van der Waals surface area contributed by atoms with E-state index in [0.29, 0.717) is 5.88 Å². The molecule has 2 rings (SSSR count). The summed E-state index contributed by atoms with van der Waals surface area (Å²) in [5, 5.41) is 9.66. The fourth-order valence-electron chi connectivity index (χ4n) is 2.19. The summed E-state index contributed by atoms with van der Waals surface area (Å²) in [6, 6.07) is 9.78. The molecule has 0 aliphatic rings. The zero-order valence-electron chi connectivity index (χ0n) is 13.3. The van der Waals surface area contributed by atoms with Crippen molar-refractivity contribution in [2.45, 2.75) is 46.1 Å². The van der Waals surface area contributed by atoms with Crippen molar-refractivity contribution in [2.24, 2.45) is 0 Å². The maximum atomic E-state index is 9.66. The molecule has 1 N–H and O–H groups in total. The van der Waals surface area contributed by atoms with E-state index in [1.54, 1.807) is 25.3 Å². The topological polar surface area (TPSA) is 42.4 Å². The Bertz CT molecular complexity index is 627. The highest BCUT2D eigenvalue weighted by molar-refractivity contribution is 5.43. The molecule has 0 unspecified atom stereocenters. The molecule has 0 saturated carbocycles. The van der Waals surface area contributed by atoms with Crippen LogP contribution in [-0.2, 0) is 5.41 Å². The van der Waals surface area contributed by atoms with Gasteiger partial charge in [-0.25, -0.2) is 4.98 Å². The smallest absolute Gasteiger partial charge is 0.219 e. The molecule has 3 nitrogen and oxygen atoms in total. The van der Waals surface area contributed by atoms with Crippen molar-refractivity contribution in [3.8, 4) is 11.6 Å². The molecule has 0 amide bonds. The Kier molecular flexibility index (Phi) is 4.33. The maximum absolute atomic E-state index is 9.66. The number of aryl methyl sites for hydroxylation is 1. The largest absolute Gasteiger partial charge is 0.439 e. The summed E-state index contributed by atoms with van der Waals surface area (Å²) in [4.78, 5) is 4.24. The fraction of sp³-hybridized carbons (Fsp3) is 0.389. The van der Waals surface area contributed by atoms with Crippen LogP contribution in [0.3, 0.4) is 0 Å². The number of aliphatic hydroxyl groups is 1. The lowest BCUT2D eigenvalue weighted by Crippen LogP contribution is -2.12. The zero-order chi connectivity index (χ0) is 15.6. The van der Waals surface area contributed by atoms with E-state index in [2.05, 4.69) is 37.9 Å². The predicted molar refractivity (Wildman–Crippen MR) is 84.8 cm³/mol. The van der Waals surface area contributed by atoms with E-state index in [1.165, 1.54) is 0 Å². The van der Waals surface area contributed by atoms with Crippen LogP contribution in [0.25, 0.3) is 0 Å². The maximum Gasteiger partial charge on any atom is 0.219 e. The summed E-state index contributed by atoms with van der Waals surface area (Å²) in [6.45, 7) is 10.2. The summed E-state index contributed by atoms with van der Waals surface area (Å²) < 4.78 is 5.99. The van der Waals surface area contributed by atoms with Crippen molar-refractivity contribution in [2.75, 3.05) is 0 Å². The van der Waals surface area contributed by atoms with Crippen molar-refractivity contribution >= 4 is 0 Å². The quantitative estimate of drug-likeness (QED) is 0.900. The van der Waals surface area contributed by atoms with E-state index >= 15 is 0 Å². The van der Waals surface area contributed by atoms with Gasteiger partial charge >= 0.3 is 0 Å². The third kappa shape index (κ3) is 3.82. The Morgan fingerprint density at radius 3 is 2.48 bits per heavy atom. The van der Waals surface area contributed by atoms with Crippen LogP contribution in [0.4, 0.5) is 0 Å². The van der Waals surface area contributed by atoms with E-state index in [1.807, 2.05) is 13.0 Å². The van der Waals surface area contributed by atoms with E-state index in [0.717, 1.165) is 22.4 Å². The zero-order valence-corrected chi connectivity index (χ0v) is 13.3. The minimum absolute atomic E-state index is 0.00901. The van der Waals surface area contributed by atoms with Crippen LogP contribution < -0.4 is 4.74 Å². The van der Waals surface area contributed by atoms with Crippen molar-refractivity contribution in [1.29, 1.82) is 0 Å². The van der Waals surface area contributed by atoms with Crippen molar-refractivity contribution in [3.63, 3.8) is 0 Å². The first-order valence-electron chi connectivity index (χ1n) is 7.20. The summed E-state index contributed by atoms with van der Waals surface area (Å²) in [7, 11) is 0. The molecule has 1 aromatic carbocycles. The van der Waals surface area contributed by atoms with Gasteiger partial charge in [-0.3, -0.25) is 0 Å². The molecule has 0 spiro atoms. The van der Waals surface area contributed by atoms with Gasteiger partial charge < -0.3 is 9.84 Å². The second-order valence-corrected chi connectivity index (χ2v) is 6.46. The Morgan fingerprint density at radius 1 is 1.14 bits per heavy atom. The predicted octanol–water partition coefficient (Wildman–Crippen LogP) is 4.53. The molecule has 1 aromatic heterocycles. The number of benzene rings is 1. The van der Waals surface area contributed by atoms with Crippen molar-refractivity contribution in [1.82, 2.24) is 4.98 Å². The number of hydrogen-bond acceptors (Lipinski definition) is 3. The van der Waals surface area contributed by atoms with Gasteiger partial charge in [0.25, 0.3) is 0 Å². The molecule has 112 valence electrons. The SMILES string of the molecule is Cc1ccc(C(C)(C)C)c(Oc2cc([C@@H](C)O)ccn2)c1. The number of aliphatic hydroxyl groups excluding tert-OH is 1. The van der Waals surface area contributed by atoms with E-state index in [9.17, 15) is 5.11 Å². The monoisotopic (exact) mass is 285 g/mol. The van der Waals surface area contributed by atoms with Gasteiger partial charge in [0.05, 0.1) is 6.10 Å². The lowest BCUT2D eigenvalue weighted by Gasteiger charge is -2.23. The van der Waals surface area contributed by atoms with Gasteiger partial charge in [0.1, 0.15) is 5.75 Å². The van der Waals surface area contributed by atoms with E-state index < -0.39 is 6.10 Å². The molecular formula is C18H23NO2. The second kappa shape index (κ2) is 5.86. The average Bonchev–Trinajstić information content (AvgIpc) is 2.37. The summed E-state index contributed by atoms with van der Waals surface area (Å²) in [5.41, 5.74) is 3.07. The van der Waals surface area contributed by atoms with Gasteiger partial charge in [0, 0.05) is 17.8 Å². The molecule has 0 saturated heterocycles. The van der Waals surface area contributed by atoms with Crippen LogP contribution in [0.1, 0.15) is 50.5 Å². The molecule has 2 aromatic rings. The highest BCUT2D eigenvalue weighted by Crippen LogP contribution is 2.34. The van der Waals surface area contributed by atoms with Crippen LogP contribution in [0, 0.1) is 6.92 Å². The standard InChI is InChI=1S/C18H23NO2/c1-12-6-7-15(18(3,4)5)16(10-12)21-17-11-14(13(2)20)8-9-19-17/h6-11,13,20H,1-5H3/t13-/m1/s1. The van der Waals surface area contributed by atoms with Gasteiger partial charge in [-0.1, -0.05) is 32.9 Å². The molecule has 0 fully saturated rings. The first-order valence-corrected chi connectivity index (χ1v) is 7.20. The lowest BCUT2D eigenvalue weighted by atomic mass is 9.86. The van der Waals surface area contributed by atoms with Crippen molar-refractivity contribution < 1.29 is 9.84 Å². The lowest BCUT2D eigenvalue weighted by molar-refractivity contribution is 0.198. The molecule has 21 heavy (non-hydrogen) atoms. The average molecular weight is 285 g/mol. The van der Waals surface area contributed by atoms with Crippen LogP contribution in [-0.4, -0.2) is 10.1 Å². The summed E-state index contributed by atoms with van der Waals surface area (Å²) in [6.07, 6.45) is 1.12. The van der Waals surface area contributed by atoms with E-state index in [-0.39, 0.29) is 5.41 Å². The van der Waals surface area contributed by atoms with Gasteiger partial charge in [-0.15, -0.1) is 0 Å². The van der Waals surface area contributed by atoms with Crippen LogP contribution in [0.15, 0.2) is 36.5 Å². The molecule has 0 aliphatic carbocycles. The number of rotatable bonds is 3. The van der Waals surface area contributed by atoms with Gasteiger partial charge in [-0.2, -0.15) is 0 Å². The molecular weight excluding hydrogens is 262 g/mol. The first kappa shape index (κ1) is 15.5. The normalized spacial score (nSPS) is 13.0. The Labute approximate surface area is 126 Å². The number of ether oxygens (including phenoxy) is 1. The minimum atomic E-state index is -0.532. The highest BCUT2D eigenvalue weighted by atomic mass is 16.5.